The Balaban J connectivity index is 2.51. The van der Waals surface area contributed by atoms with Gasteiger partial charge in [0.2, 0.25) is 0 Å². The minimum Gasteiger partial charge on any atom is -0.465 e. The van der Waals surface area contributed by atoms with Crippen molar-refractivity contribution in [2.75, 3.05) is 26.3 Å². The summed E-state index contributed by atoms with van der Waals surface area (Å²) < 4.78 is 9.98. The maximum atomic E-state index is 12.0. The number of benzene rings is 1. The second-order valence-electron chi connectivity index (χ2n) is 4.34. The van der Waals surface area contributed by atoms with E-state index in [1.807, 2.05) is 30.3 Å². The molecule has 0 aliphatic heterocycles. The van der Waals surface area contributed by atoms with Gasteiger partial charge < -0.3 is 14.6 Å². The summed E-state index contributed by atoms with van der Waals surface area (Å²) in [6, 6.07) is 9.27. The molecule has 0 heterocycles. The number of ether oxygens (including phenoxy) is 2. The van der Waals surface area contributed by atoms with Gasteiger partial charge in [0.25, 0.3) is 0 Å². The SMILES string of the molecule is CCOC(=O)CN(CCCO)C(=O)OCc1ccccc1. The zero-order valence-corrected chi connectivity index (χ0v) is 12.2. The lowest BCUT2D eigenvalue weighted by Gasteiger charge is -2.20. The second-order valence-corrected chi connectivity index (χ2v) is 4.34. The number of hydrogen-bond acceptors (Lipinski definition) is 5. The van der Waals surface area contributed by atoms with Crippen molar-refractivity contribution in [1.82, 2.24) is 4.90 Å². The van der Waals surface area contributed by atoms with E-state index >= 15 is 0 Å². The maximum Gasteiger partial charge on any atom is 0.410 e. The van der Waals surface area contributed by atoms with Crippen LogP contribution in [0.4, 0.5) is 4.79 Å². The molecule has 0 aliphatic rings. The molecule has 0 aromatic heterocycles. The summed E-state index contributed by atoms with van der Waals surface area (Å²) in [5.41, 5.74) is 0.865. The first kappa shape index (κ1) is 17.0. The van der Waals surface area contributed by atoms with Gasteiger partial charge >= 0.3 is 12.1 Å². The van der Waals surface area contributed by atoms with Crippen LogP contribution in [-0.2, 0) is 20.9 Å². The predicted molar refractivity (Wildman–Crippen MR) is 76.5 cm³/mol. The van der Waals surface area contributed by atoms with Gasteiger partial charge in [-0.1, -0.05) is 30.3 Å². The molecule has 21 heavy (non-hydrogen) atoms. The fourth-order valence-electron chi connectivity index (χ4n) is 1.67. The van der Waals surface area contributed by atoms with Gasteiger partial charge in [0.1, 0.15) is 13.2 Å². The quantitative estimate of drug-likeness (QED) is 0.737. The summed E-state index contributed by atoms with van der Waals surface area (Å²) in [6.07, 6.45) is -0.222. The Morgan fingerprint density at radius 2 is 1.90 bits per heavy atom. The molecule has 0 aliphatic carbocycles. The van der Waals surface area contributed by atoms with Gasteiger partial charge in [0.15, 0.2) is 0 Å². The molecule has 0 saturated carbocycles. The zero-order valence-electron chi connectivity index (χ0n) is 12.2. The molecule has 0 atom stereocenters. The molecule has 0 spiro atoms. The van der Waals surface area contributed by atoms with E-state index in [9.17, 15) is 9.59 Å². The van der Waals surface area contributed by atoms with Crippen molar-refractivity contribution < 1.29 is 24.2 Å². The fraction of sp³-hybridized carbons (Fsp3) is 0.467. The molecule has 0 bridgehead atoms. The standard InChI is InChI=1S/C15H21NO5/c1-2-20-14(18)11-16(9-6-10-17)15(19)21-12-13-7-4-3-5-8-13/h3-5,7-8,17H,2,6,9-12H2,1H3. The van der Waals surface area contributed by atoms with Crippen molar-refractivity contribution in [3.05, 3.63) is 35.9 Å². The molecule has 0 radical (unpaired) electrons. The number of rotatable bonds is 8. The summed E-state index contributed by atoms with van der Waals surface area (Å²) in [6.45, 7) is 2.09. The van der Waals surface area contributed by atoms with E-state index in [0.717, 1.165) is 5.56 Å². The van der Waals surface area contributed by atoms with Gasteiger partial charge in [-0.25, -0.2) is 4.79 Å². The lowest BCUT2D eigenvalue weighted by atomic mass is 10.2. The molecule has 1 aromatic rings. The van der Waals surface area contributed by atoms with Crippen molar-refractivity contribution in [3.8, 4) is 0 Å². The Labute approximate surface area is 124 Å². The number of nitrogens with zero attached hydrogens (tertiary/aromatic N) is 1. The monoisotopic (exact) mass is 295 g/mol. The van der Waals surface area contributed by atoms with Crippen molar-refractivity contribution >= 4 is 12.1 Å². The van der Waals surface area contributed by atoms with Crippen molar-refractivity contribution in [2.24, 2.45) is 0 Å². The van der Waals surface area contributed by atoms with Gasteiger partial charge in [0, 0.05) is 13.2 Å². The minimum absolute atomic E-state index is 0.0642. The van der Waals surface area contributed by atoms with E-state index in [1.54, 1.807) is 6.92 Å². The maximum absolute atomic E-state index is 12.0. The van der Waals surface area contributed by atoms with Crippen molar-refractivity contribution in [3.63, 3.8) is 0 Å². The highest BCUT2D eigenvalue weighted by molar-refractivity contribution is 5.78. The Morgan fingerprint density at radius 3 is 2.52 bits per heavy atom. The Hall–Kier alpha value is -2.08. The van der Waals surface area contributed by atoms with Gasteiger partial charge in [0.05, 0.1) is 6.61 Å². The number of amides is 1. The third kappa shape index (κ3) is 6.76. The number of aliphatic hydroxyl groups is 1. The van der Waals surface area contributed by atoms with Gasteiger partial charge in [-0.15, -0.1) is 0 Å². The number of hydrogen-bond donors (Lipinski definition) is 1. The molecule has 1 rings (SSSR count). The van der Waals surface area contributed by atoms with Crippen LogP contribution in [0.3, 0.4) is 0 Å². The molecule has 6 nitrogen and oxygen atoms in total. The summed E-state index contributed by atoms with van der Waals surface area (Å²) >= 11 is 0. The van der Waals surface area contributed by atoms with Crippen LogP contribution in [0.15, 0.2) is 30.3 Å². The van der Waals surface area contributed by atoms with Crippen LogP contribution in [0, 0.1) is 0 Å². The third-order valence-corrected chi connectivity index (χ3v) is 2.67. The highest BCUT2D eigenvalue weighted by Gasteiger charge is 2.18. The summed E-state index contributed by atoms with van der Waals surface area (Å²) in [7, 11) is 0. The van der Waals surface area contributed by atoms with Crippen molar-refractivity contribution in [2.45, 2.75) is 20.0 Å². The van der Waals surface area contributed by atoms with Gasteiger partial charge in [-0.2, -0.15) is 0 Å². The van der Waals surface area contributed by atoms with E-state index in [0.29, 0.717) is 6.42 Å². The number of carbonyl (C=O) groups excluding carboxylic acids is 2. The second kappa shape index (κ2) is 9.77. The fourth-order valence-corrected chi connectivity index (χ4v) is 1.67. The van der Waals surface area contributed by atoms with Crippen LogP contribution in [0.25, 0.3) is 0 Å². The lowest BCUT2D eigenvalue weighted by Crippen LogP contribution is -2.37. The van der Waals surface area contributed by atoms with E-state index in [1.165, 1.54) is 4.90 Å². The van der Waals surface area contributed by atoms with Crippen LogP contribution >= 0.6 is 0 Å². The zero-order chi connectivity index (χ0) is 15.5. The Bertz CT molecular complexity index is 435. The highest BCUT2D eigenvalue weighted by Crippen LogP contribution is 2.04. The summed E-state index contributed by atoms with van der Waals surface area (Å²) in [5, 5.41) is 8.85. The van der Waals surface area contributed by atoms with Crippen LogP contribution in [0.1, 0.15) is 18.9 Å². The minimum atomic E-state index is -0.597. The lowest BCUT2D eigenvalue weighted by molar-refractivity contribution is -0.144. The molecular weight excluding hydrogens is 274 g/mol. The first-order valence-electron chi connectivity index (χ1n) is 6.89. The molecule has 0 saturated heterocycles. The normalized spacial score (nSPS) is 10.0. The first-order valence-corrected chi connectivity index (χ1v) is 6.89. The van der Waals surface area contributed by atoms with Gasteiger partial charge in [-0.3, -0.25) is 9.69 Å². The number of aliphatic hydroxyl groups excluding tert-OH is 1. The topological polar surface area (TPSA) is 76.1 Å². The van der Waals surface area contributed by atoms with Crippen LogP contribution < -0.4 is 0 Å². The smallest absolute Gasteiger partial charge is 0.410 e. The van der Waals surface area contributed by atoms with Crippen molar-refractivity contribution in [1.29, 1.82) is 0 Å². The molecule has 1 amide bonds. The average Bonchev–Trinajstić information content (AvgIpc) is 2.50. The van der Waals surface area contributed by atoms with E-state index < -0.39 is 12.1 Å². The van der Waals surface area contributed by atoms with Crippen LogP contribution in [-0.4, -0.2) is 48.4 Å². The van der Waals surface area contributed by atoms with Crippen LogP contribution in [0.2, 0.25) is 0 Å². The Morgan fingerprint density at radius 1 is 1.19 bits per heavy atom. The molecule has 0 unspecified atom stereocenters. The van der Waals surface area contributed by atoms with Crippen LogP contribution in [0.5, 0.6) is 0 Å². The first-order chi connectivity index (χ1) is 10.2. The number of carbonyl (C=O) groups is 2. The summed E-state index contributed by atoms with van der Waals surface area (Å²) in [4.78, 5) is 24.7. The number of esters is 1. The highest BCUT2D eigenvalue weighted by atomic mass is 16.6. The molecule has 0 fully saturated rings. The molecule has 1 N–H and O–H groups in total. The molecular formula is C15H21NO5. The molecule has 116 valence electrons. The molecule has 6 heteroatoms. The average molecular weight is 295 g/mol. The largest absolute Gasteiger partial charge is 0.465 e. The Kier molecular flexibility index (Phi) is 7.89. The predicted octanol–water partition coefficient (Wildman–Crippen LogP) is 1.57. The summed E-state index contributed by atoms with van der Waals surface area (Å²) in [5.74, 6) is -0.493. The van der Waals surface area contributed by atoms with Gasteiger partial charge in [-0.05, 0) is 18.9 Å². The molecule has 1 aromatic carbocycles. The van der Waals surface area contributed by atoms with E-state index in [-0.39, 0.29) is 32.9 Å². The van der Waals surface area contributed by atoms with E-state index in [4.69, 9.17) is 14.6 Å². The van der Waals surface area contributed by atoms with E-state index in [2.05, 4.69) is 0 Å². The third-order valence-electron chi connectivity index (χ3n) is 2.67.